The molecule has 1 atom stereocenters. The van der Waals surface area contributed by atoms with Gasteiger partial charge in [0.15, 0.2) is 0 Å². The number of rotatable bonds is 7. The zero-order chi connectivity index (χ0) is 14.2. The molecule has 0 aromatic heterocycles. The fraction of sp³-hybridized carbons (Fsp3) is 0.562. The van der Waals surface area contributed by atoms with Gasteiger partial charge in [-0.15, -0.1) is 11.8 Å². The van der Waals surface area contributed by atoms with Crippen molar-refractivity contribution in [2.45, 2.75) is 49.1 Å². The van der Waals surface area contributed by atoms with Crippen LogP contribution in [-0.2, 0) is 4.79 Å². The summed E-state index contributed by atoms with van der Waals surface area (Å²) in [6.45, 7) is 2.06. The Hall–Kier alpha value is -1.00. The molecule has 2 aliphatic carbocycles. The van der Waals surface area contributed by atoms with Crippen LogP contribution in [-0.4, -0.2) is 28.4 Å². The van der Waals surface area contributed by atoms with Gasteiger partial charge in [0.1, 0.15) is 5.54 Å². The van der Waals surface area contributed by atoms with Gasteiger partial charge in [-0.1, -0.05) is 17.7 Å². The van der Waals surface area contributed by atoms with E-state index in [4.69, 9.17) is 0 Å². The molecule has 0 saturated heterocycles. The standard InChI is InChI=1S/C16H21NO2S/c1-11-2-8-14(9-3-11)20-10-16(15(18)19,12-4-5-12)17-13-6-7-13/h2-3,8-9,12-13,17H,4-7,10H2,1H3,(H,18,19). The van der Waals surface area contributed by atoms with Crippen molar-refractivity contribution in [3.05, 3.63) is 29.8 Å². The van der Waals surface area contributed by atoms with Crippen LogP contribution in [0.4, 0.5) is 0 Å². The molecule has 2 saturated carbocycles. The zero-order valence-electron chi connectivity index (χ0n) is 11.8. The fourth-order valence-corrected chi connectivity index (χ4v) is 3.74. The molecular weight excluding hydrogens is 270 g/mol. The SMILES string of the molecule is Cc1ccc(SCC(NC2CC2)(C(=O)O)C2CC2)cc1. The van der Waals surface area contributed by atoms with E-state index in [0.717, 1.165) is 30.6 Å². The normalized spacial score (nSPS) is 21.4. The van der Waals surface area contributed by atoms with Crippen LogP contribution >= 0.6 is 11.8 Å². The Morgan fingerprint density at radius 2 is 1.95 bits per heavy atom. The van der Waals surface area contributed by atoms with Crippen molar-refractivity contribution in [1.29, 1.82) is 0 Å². The topological polar surface area (TPSA) is 49.3 Å². The van der Waals surface area contributed by atoms with Crippen LogP contribution in [0.25, 0.3) is 0 Å². The number of nitrogens with one attached hydrogen (secondary N) is 1. The van der Waals surface area contributed by atoms with Crippen LogP contribution in [0.15, 0.2) is 29.2 Å². The Bertz CT molecular complexity index is 494. The summed E-state index contributed by atoms with van der Waals surface area (Å²) in [4.78, 5) is 13.0. The maximum Gasteiger partial charge on any atom is 0.325 e. The lowest BCUT2D eigenvalue weighted by atomic mass is 9.95. The molecule has 0 amide bonds. The summed E-state index contributed by atoms with van der Waals surface area (Å²) < 4.78 is 0. The number of thioether (sulfide) groups is 1. The van der Waals surface area contributed by atoms with E-state index < -0.39 is 11.5 Å². The second-order valence-electron chi connectivity index (χ2n) is 6.07. The predicted molar refractivity (Wildman–Crippen MR) is 81.2 cm³/mol. The Labute approximate surface area is 124 Å². The van der Waals surface area contributed by atoms with Gasteiger partial charge in [0, 0.05) is 16.7 Å². The lowest BCUT2D eigenvalue weighted by molar-refractivity contribution is -0.145. The van der Waals surface area contributed by atoms with E-state index in [9.17, 15) is 9.90 Å². The van der Waals surface area contributed by atoms with Gasteiger partial charge in [0.25, 0.3) is 0 Å². The minimum absolute atomic E-state index is 0.304. The molecule has 0 radical (unpaired) electrons. The number of carbonyl (C=O) groups is 1. The van der Waals surface area contributed by atoms with Crippen molar-refractivity contribution in [2.24, 2.45) is 5.92 Å². The molecule has 3 rings (SSSR count). The van der Waals surface area contributed by atoms with Gasteiger partial charge in [-0.2, -0.15) is 0 Å². The molecule has 1 aromatic rings. The zero-order valence-corrected chi connectivity index (χ0v) is 12.6. The molecular formula is C16H21NO2S. The quantitative estimate of drug-likeness (QED) is 0.758. The summed E-state index contributed by atoms with van der Waals surface area (Å²) in [5.41, 5.74) is 0.508. The van der Waals surface area contributed by atoms with E-state index in [1.807, 2.05) is 0 Å². The Morgan fingerprint density at radius 1 is 1.30 bits per heavy atom. The van der Waals surface area contributed by atoms with Crippen molar-refractivity contribution >= 4 is 17.7 Å². The van der Waals surface area contributed by atoms with Gasteiger partial charge >= 0.3 is 5.97 Å². The molecule has 2 N–H and O–H groups in total. The van der Waals surface area contributed by atoms with E-state index in [1.165, 1.54) is 5.56 Å². The molecule has 0 spiro atoms. The Balaban J connectivity index is 1.71. The van der Waals surface area contributed by atoms with E-state index in [2.05, 4.69) is 36.5 Å². The fourth-order valence-electron chi connectivity index (χ4n) is 2.58. The van der Waals surface area contributed by atoms with E-state index >= 15 is 0 Å². The van der Waals surface area contributed by atoms with E-state index in [-0.39, 0.29) is 0 Å². The lowest BCUT2D eigenvalue weighted by Crippen LogP contribution is -2.57. The number of aryl methyl sites for hydroxylation is 1. The van der Waals surface area contributed by atoms with Crippen LogP contribution in [0, 0.1) is 12.8 Å². The molecule has 4 heteroatoms. The average Bonchev–Trinajstić information content (AvgIpc) is 3.28. The Morgan fingerprint density at radius 3 is 2.45 bits per heavy atom. The van der Waals surface area contributed by atoms with Gasteiger partial charge < -0.3 is 5.11 Å². The van der Waals surface area contributed by atoms with Crippen LogP contribution < -0.4 is 5.32 Å². The molecule has 108 valence electrons. The van der Waals surface area contributed by atoms with Crippen LogP contribution in [0.3, 0.4) is 0 Å². The van der Waals surface area contributed by atoms with Crippen molar-refractivity contribution in [3.8, 4) is 0 Å². The Kier molecular flexibility index (Phi) is 3.78. The number of hydrogen-bond acceptors (Lipinski definition) is 3. The van der Waals surface area contributed by atoms with Crippen LogP contribution in [0.2, 0.25) is 0 Å². The van der Waals surface area contributed by atoms with Crippen molar-refractivity contribution in [3.63, 3.8) is 0 Å². The maximum absolute atomic E-state index is 11.9. The van der Waals surface area contributed by atoms with Gasteiger partial charge in [0.05, 0.1) is 0 Å². The predicted octanol–water partition coefficient (Wildman–Crippen LogP) is 3.07. The molecule has 1 aromatic carbocycles. The molecule has 0 heterocycles. The van der Waals surface area contributed by atoms with Crippen LogP contribution in [0.5, 0.6) is 0 Å². The molecule has 0 aliphatic heterocycles. The highest BCUT2D eigenvalue weighted by Gasteiger charge is 2.53. The molecule has 2 aliphatic rings. The first-order chi connectivity index (χ1) is 9.60. The van der Waals surface area contributed by atoms with Crippen molar-refractivity contribution in [2.75, 3.05) is 5.75 Å². The number of carboxylic acid groups (broad SMARTS) is 1. The molecule has 2 fully saturated rings. The first kappa shape index (κ1) is 14.0. The third-order valence-electron chi connectivity index (χ3n) is 4.18. The molecule has 20 heavy (non-hydrogen) atoms. The van der Waals surface area contributed by atoms with Crippen molar-refractivity contribution in [1.82, 2.24) is 5.32 Å². The van der Waals surface area contributed by atoms with E-state index in [1.54, 1.807) is 11.8 Å². The molecule has 1 unspecified atom stereocenters. The maximum atomic E-state index is 11.9. The number of carboxylic acids is 1. The van der Waals surface area contributed by atoms with Gasteiger partial charge in [-0.05, 0) is 50.7 Å². The summed E-state index contributed by atoms with van der Waals surface area (Å²) in [6, 6.07) is 8.74. The first-order valence-electron chi connectivity index (χ1n) is 7.31. The minimum Gasteiger partial charge on any atom is -0.480 e. The van der Waals surface area contributed by atoms with Gasteiger partial charge in [-0.3, -0.25) is 10.1 Å². The highest BCUT2D eigenvalue weighted by atomic mass is 32.2. The van der Waals surface area contributed by atoms with Gasteiger partial charge in [-0.25, -0.2) is 0 Å². The lowest BCUT2D eigenvalue weighted by Gasteiger charge is -2.30. The summed E-state index contributed by atoms with van der Waals surface area (Å²) in [6.07, 6.45) is 4.33. The second-order valence-corrected chi connectivity index (χ2v) is 7.12. The average molecular weight is 291 g/mol. The first-order valence-corrected chi connectivity index (χ1v) is 8.29. The van der Waals surface area contributed by atoms with Gasteiger partial charge in [0.2, 0.25) is 0 Å². The number of hydrogen-bond donors (Lipinski definition) is 2. The second kappa shape index (κ2) is 5.41. The van der Waals surface area contributed by atoms with Crippen molar-refractivity contribution < 1.29 is 9.90 Å². The minimum atomic E-state index is -0.725. The highest BCUT2D eigenvalue weighted by Crippen LogP contribution is 2.44. The molecule has 0 bridgehead atoms. The third kappa shape index (κ3) is 3.01. The summed E-state index contributed by atoms with van der Waals surface area (Å²) in [5.74, 6) is 0.247. The summed E-state index contributed by atoms with van der Waals surface area (Å²) in [5, 5.41) is 13.2. The monoisotopic (exact) mass is 291 g/mol. The smallest absolute Gasteiger partial charge is 0.325 e. The number of aliphatic carboxylic acids is 1. The largest absolute Gasteiger partial charge is 0.480 e. The third-order valence-corrected chi connectivity index (χ3v) is 5.39. The van der Waals surface area contributed by atoms with E-state index in [0.29, 0.717) is 17.7 Å². The summed E-state index contributed by atoms with van der Waals surface area (Å²) >= 11 is 1.66. The highest BCUT2D eigenvalue weighted by molar-refractivity contribution is 7.99. The number of benzene rings is 1. The van der Waals surface area contributed by atoms with Crippen LogP contribution in [0.1, 0.15) is 31.2 Å². The summed E-state index contributed by atoms with van der Waals surface area (Å²) in [7, 11) is 0. The molecule has 3 nitrogen and oxygen atoms in total.